The average molecular weight is 242 g/mol. The molecule has 2 nitrogen and oxygen atoms in total. The maximum Gasteiger partial charge on any atom is 0.0485 e. The molecular weight excluding hydrogens is 220 g/mol. The molecule has 0 unspecified atom stereocenters. The molecule has 0 aliphatic carbocycles. The first kappa shape index (κ1) is 11.8. The maximum absolute atomic E-state index is 3.45. The number of benzene rings is 1. The molecule has 1 saturated heterocycles. The first-order valence-electron chi connectivity index (χ1n) is 6.94. The molecule has 96 valence electrons. The summed E-state index contributed by atoms with van der Waals surface area (Å²) in [5, 5.41) is 4.88. The van der Waals surface area contributed by atoms with Gasteiger partial charge >= 0.3 is 0 Å². The Morgan fingerprint density at radius 1 is 1.11 bits per heavy atom. The predicted octanol–water partition coefficient (Wildman–Crippen LogP) is 3.26. The molecule has 1 aromatic carbocycles. The van der Waals surface area contributed by atoms with E-state index in [9.17, 15) is 0 Å². The van der Waals surface area contributed by atoms with Crippen LogP contribution in [0.3, 0.4) is 0 Å². The molecule has 1 fully saturated rings. The summed E-state index contributed by atoms with van der Waals surface area (Å²) in [4.78, 5) is 0. The Hall–Kier alpha value is -1.28. The van der Waals surface area contributed by atoms with Crippen LogP contribution in [0.4, 0.5) is 0 Å². The van der Waals surface area contributed by atoms with Crippen LogP contribution in [0.15, 0.2) is 18.2 Å². The zero-order valence-corrected chi connectivity index (χ0v) is 11.6. The number of aryl methyl sites for hydroxylation is 3. The van der Waals surface area contributed by atoms with Crippen molar-refractivity contribution in [2.75, 3.05) is 13.1 Å². The van der Waals surface area contributed by atoms with E-state index < -0.39 is 0 Å². The van der Waals surface area contributed by atoms with Gasteiger partial charge in [0.25, 0.3) is 0 Å². The second-order valence-electron chi connectivity index (χ2n) is 5.67. The fourth-order valence-corrected chi connectivity index (χ4v) is 3.31. The third-order valence-corrected chi connectivity index (χ3v) is 4.31. The van der Waals surface area contributed by atoms with Crippen molar-refractivity contribution in [2.24, 2.45) is 7.05 Å². The summed E-state index contributed by atoms with van der Waals surface area (Å²) in [6, 6.07) is 7.02. The predicted molar refractivity (Wildman–Crippen MR) is 77.2 cm³/mol. The largest absolute Gasteiger partial charge is 0.347 e. The zero-order chi connectivity index (χ0) is 12.7. The lowest BCUT2D eigenvalue weighted by Gasteiger charge is -2.23. The van der Waals surface area contributed by atoms with Gasteiger partial charge in [-0.15, -0.1) is 0 Å². The molecule has 1 aliphatic heterocycles. The van der Waals surface area contributed by atoms with E-state index >= 15 is 0 Å². The molecule has 1 aliphatic rings. The molecule has 1 N–H and O–H groups in total. The van der Waals surface area contributed by atoms with Crippen molar-refractivity contribution in [1.82, 2.24) is 9.88 Å². The lowest BCUT2D eigenvalue weighted by Crippen LogP contribution is -2.27. The van der Waals surface area contributed by atoms with Crippen LogP contribution in [0.5, 0.6) is 0 Å². The van der Waals surface area contributed by atoms with Crippen LogP contribution >= 0.6 is 0 Å². The lowest BCUT2D eigenvalue weighted by atomic mass is 9.94. The van der Waals surface area contributed by atoms with E-state index in [2.05, 4.69) is 49.0 Å². The van der Waals surface area contributed by atoms with Crippen LogP contribution in [-0.4, -0.2) is 17.7 Å². The van der Waals surface area contributed by atoms with Crippen molar-refractivity contribution in [2.45, 2.75) is 32.6 Å². The number of aromatic nitrogens is 1. The average Bonchev–Trinajstić information content (AvgIpc) is 2.69. The molecule has 18 heavy (non-hydrogen) atoms. The lowest BCUT2D eigenvalue weighted by molar-refractivity contribution is 0.446. The number of fused-ring (bicyclic) bond motifs is 1. The van der Waals surface area contributed by atoms with Gasteiger partial charge in [-0.05, 0) is 63.0 Å². The molecule has 2 aromatic rings. The SMILES string of the molecule is Cc1cc(C)c2cc(C3CCNCC3)n(C)c2c1. The van der Waals surface area contributed by atoms with E-state index in [0.29, 0.717) is 0 Å². The molecule has 0 amide bonds. The minimum Gasteiger partial charge on any atom is -0.347 e. The van der Waals surface area contributed by atoms with Crippen LogP contribution in [0, 0.1) is 13.8 Å². The summed E-state index contributed by atoms with van der Waals surface area (Å²) < 4.78 is 2.41. The molecule has 1 aromatic heterocycles. The van der Waals surface area contributed by atoms with Gasteiger partial charge in [0, 0.05) is 29.6 Å². The highest BCUT2D eigenvalue weighted by atomic mass is 15.0. The van der Waals surface area contributed by atoms with Crippen molar-refractivity contribution in [3.63, 3.8) is 0 Å². The number of rotatable bonds is 1. The number of hydrogen-bond acceptors (Lipinski definition) is 1. The summed E-state index contributed by atoms with van der Waals surface area (Å²) in [5.41, 5.74) is 5.67. The summed E-state index contributed by atoms with van der Waals surface area (Å²) in [6.07, 6.45) is 2.53. The highest BCUT2D eigenvalue weighted by Crippen LogP contribution is 2.31. The zero-order valence-electron chi connectivity index (χ0n) is 11.6. The second kappa shape index (κ2) is 4.43. The Bertz CT molecular complexity index is 574. The van der Waals surface area contributed by atoms with Gasteiger partial charge in [0.05, 0.1) is 0 Å². The minimum atomic E-state index is 0.725. The number of piperidine rings is 1. The molecule has 0 atom stereocenters. The second-order valence-corrected chi connectivity index (χ2v) is 5.67. The number of nitrogens with zero attached hydrogens (tertiary/aromatic N) is 1. The number of hydrogen-bond donors (Lipinski definition) is 1. The Morgan fingerprint density at radius 2 is 1.83 bits per heavy atom. The summed E-state index contributed by atoms with van der Waals surface area (Å²) in [5.74, 6) is 0.725. The van der Waals surface area contributed by atoms with Gasteiger partial charge in [0.15, 0.2) is 0 Å². The first-order chi connectivity index (χ1) is 8.66. The third-order valence-electron chi connectivity index (χ3n) is 4.31. The van der Waals surface area contributed by atoms with E-state index in [0.717, 1.165) is 19.0 Å². The number of nitrogens with one attached hydrogen (secondary N) is 1. The van der Waals surface area contributed by atoms with Crippen molar-refractivity contribution in [3.8, 4) is 0 Å². The van der Waals surface area contributed by atoms with E-state index in [1.165, 1.54) is 40.6 Å². The fourth-order valence-electron chi connectivity index (χ4n) is 3.31. The van der Waals surface area contributed by atoms with E-state index in [-0.39, 0.29) is 0 Å². The van der Waals surface area contributed by atoms with Gasteiger partial charge < -0.3 is 9.88 Å². The molecule has 2 heteroatoms. The summed E-state index contributed by atoms with van der Waals surface area (Å²) in [6.45, 7) is 6.72. The molecule has 0 saturated carbocycles. The standard InChI is InChI=1S/C16H22N2/c1-11-8-12(2)14-10-15(18(3)16(14)9-11)13-4-6-17-7-5-13/h8-10,13,17H,4-7H2,1-3H3. The van der Waals surface area contributed by atoms with Crippen molar-refractivity contribution in [1.29, 1.82) is 0 Å². The Morgan fingerprint density at radius 3 is 2.56 bits per heavy atom. The van der Waals surface area contributed by atoms with E-state index in [4.69, 9.17) is 0 Å². The van der Waals surface area contributed by atoms with Crippen LogP contribution in [-0.2, 0) is 7.05 Å². The molecule has 3 rings (SSSR count). The third kappa shape index (κ3) is 1.85. The van der Waals surface area contributed by atoms with Gasteiger partial charge in [0.2, 0.25) is 0 Å². The maximum atomic E-state index is 3.45. The van der Waals surface area contributed by atoms with Gasteiger partial charge in [-0.3, -0.25) is 0 Å². The monoisotopic (exact) mass is 242 g/mol. The van der Waals surface area contributed by atoms with Gasteiger partial charge in [-0.2, -0.15) is 0 Å². The van der Waals surface area contributed by atoms with Crippen molar-refractivity contribution in [3.05, 3.63) is 35.0 Å². The van der Waals surface area contributed by atoms with Crippen molar-refractivity contribution < 1.29 is 0 Å². The van der Waals surface area contributed by atoms with Crippen LogP contribution in [0.1, 0.15) is 35.6 Å². The Kier molecular flexibility index (Phi) is 2.90. The van der Waals surface area contributed by atoms with Gasteiger partial charge in [0.1, 0.15) is 0 Å². The van der Waals surface area contributed by atoms with Crippen molar-refractivity contribution >= 4 is 10.9 Å². The Balaban J connectivity index is 2.13. The van der Waals surface area contributed by atoms with Gasteiger partial charge in [-0.1, -0.05) is 6.07 Å². The molecule has 0 radical (unpaired) electrons. The smallest absolute Gasteiger partial charge is 0.0485 e. The fraction of sp³-hybridized carbons (Fsp3) is 0.500. The summed E-state index contributed by atoms with van der Waals surface area (Å²) >= 11 is 0. The molecular formula is C16H22N2. The molecule has 0 bridgehead atoms. The quantitative estimate of drug-likeness (QED) is 0.812. The van der Waals surface area contributed by atoms with Gasteiger partial charge in [-0.25, -0.2) is 0 Å². The highest BCUT2D eigenvalue weighted by molar-refractivity contribution is 5.85. The van der Waals surface area contributed by atoms with E-state index in [1.807, 2.05) is 0 Å². The first-order valence-corrected chi connectivity index (χ1v) is 6.94. The molecule has 0 spiro atoms. The molecule has 2 heterocycles. The minimum absolute atomic E-state index is 0.725. The van der Waals surface area contributed by atoms with E-state index in [1.54, 1.807) is 0 Å². The van der Waals surface area contributed by atoms with Crippen LogP contribution < -0.4 is 5.32 Å². The topological polar surface area (TPSA) is 17.0 Å². The highest BCUT2D eigenvalue weighted by Gasteiger charge is 2.19. The summed E-state index contributed by atoms with van der Waals surface area (Å²) in [7, 11) is 2.22. The normalized spacial score (nSPS) is 17.5. The Labute approximate surface area is 109 Å². The van der Waals surface area contributed by atoms with Crippen LogP contribution in [0.25, 0.3) is 10.9 Å². The van der Waals surface area contributed by atoms with Crippen LogP contribution in [0.2, 0.25) is 0 Å².